The largest absolute Gasteiger partial charge is 0.506 e. The molecule has 3 aromatic carbocycles. The molecule has 196 valence electrons. The van der Waals surface area contributed by atoms with E-state index < -0.39 is 63.0 Å². The molecule has 0 spiro atoms. The van der Waals surface area contributed by atoms with E-state index in [2.05, 4.69) is 22.1 Å². The molecule has 0 aromatic heterocycles. The average Bonchev–Trinajstić information content (AvgIpc) is 2.76. The highest BCUT2D eigenvalue weighted by atomic mass is 32.2. The zero-order valence-corrected chi connectivity index (χ0v) is 21.0. The number of azo groups is 1. The highest BCUT2D eigenvalue weighted by Crippen LogP contribution is 2.45. The molecule has 0 bridgehead atoms. The van der Waals surface area contributed by atoms with Crippen molar-refractivity contribution in [1.82, 2.24) is 0 Å². The Kier molecular flexibility index (Phi) is 7.12. The number of hydrogen-bond donors (Lipinski definition) is 5. The molecule has 5 N–H and O–H groups in total. The number of phenols is 2. The molecule has 0 unspecified atom stereocenters. The Morgan fingerprint density at radius 1 is 0.919 bits per heavy atom. The Morgan fingerprint density at radius 2 is 1.57 bits per heavy atom. The number of amides is 1. The standard InChI is InChI=1S/C20H17N3O11S3/c1-3-35(27,28)12-4-5-14(16(25)9-12)22-23-19-17(37(32,33)34)7-11-6-13(36(29,30)31)8-15(21-10(2)24)18(11)20(19)26/h3-9,25-26H,1H2,2H3,(H,21,24)(H,29,30,31)(H,32,33,34). The van der Waals surface area contributed by atoms with Crippen LogP contribution in [0.1, 0.15) is 6.92 Å². The van der Waals surface area contributed by atoms with Gasteiger partial charge in [-0.3, -0.25) is 13.9 Å². The number of sulfone groups is 1. The molecule has 0 fully saturated rings. The summed E-state index contributed by atoms with van der Waals surface area (Å²) >= 11 is 0. The lowest BCUT2D eigenvalue weighted by Gasteiger charge is -2.14. The van der Waals surface area contributed by atoms with Crippen molar-refractivity contribution in [2.45, 2.75) is 21.6 Å². The van der Waals surface area contributed by atoms with Crippen LogP contribution in [0.3, 0.4) is 0 Å². The average molecular weight is 572 g/mol. The van der Waals surface area contributed by atoms with Gasteiger partial charge in [0.1, 0.15) is 22.0 Å². The van der Waals surface area contributed by atoms with E-state index in [1.807, 2.05) is 0 Å². The van der Waals surface area contributed by atoms with Crippen molar-refractivity contribution >= 4 is 63.8 Å². The number of nitrogens with zero attached hydrogens (tertiary/aromatic N) is 2. The normalized spacial score (nSPS) is 12.6. The summed E-state index contributed by atoms with van der Waals surface area (Å²) in [5, 5.41) is 30.4. The highest BCUT2D eigenvalue weighted by molar-refractivity contribution is 7.94. The molecule has 3 rings (SSSR count). The summed E-state index contributed by atoms with van der Waals surface area (Å²) in [6.45, 7) is 4.21. The number of aromatic hydroxyl groups is 2. The van der Waals surface area contributed by atoms with Gasteiger partial charge in [-0.2, -0.15) is 16.8 Å². The van der Waals surface area contributed by atoms with Crippen molar-refractivity contribution in [3.63, 3.8) is 0 Å². The van der Waals surface area contributed by atoms with Gasteiger partial charge in [-0.25, -0.2) is 8.42 Å². The summed E-state index contributed by atoms with van der Waals surface area (Å²) in [4.78, 5) is 9.50. The van der Waals surface area contributed by atoms with Crippen LogP contribution < -0.4 is 5.32 Å². The highest BCUT2D eigenvalue weighted by Gasteiger charge is 2.26. The predicted octanol–water partition coefficient (Wildman–Crippen LogP) is 3.04. The number of nitrogens with one attached hydrogen (secondary N) is 1. The van der Waals surface area contributed by atoms with Crippen molar-refractivity contribution in [3.05, 3.63) is 48.4 Å². The first kappa shape index (κ1) is 27.7. The van der Waals surface area contributed by atoms with Gasteiger partial charge in [-0.15, -0.1) is 10.2 Å². The number of carbonyl (C=O) groups is 1. The Hall–Kier alpha value is -3.90. The molecular weight excluding hydrogens is 554 g/mol. The van der Waals surface area contributed by atoms with E-state index in [1.54, 1.807) is 0 Å². The number of rotatable bonds is 7. The second-order valence-electron chi connectivity index (χ2n) is 7.33. The summed E-state index contributed by atoms with van der Waals surface area (Å²) in [5.74, 6) is -2.41. The number of anilines is 1. The lowest BCUT2D eigenvalue weighted by atomic mass is 10.1. The molecular formula is C20H17N3O11S3. The van der Waals surface area contributed by atoms with Gasteiger partial charge in [-0.1, -0.05) is 6.58 Å². The van der Waals surface area contributed by atoms with Gasteiger partial charge in [0.15, 0.2) is 15.6 Å². The zero-order chi connectivity index (χ0) is 27.9. The number of benzene rings is 3. The Bertz CT molecular complexity index is 1830. The van der Waals surface area contributed by atoms with Crippen LogP contribution in [0.15, 0.2) is 73.3 Å². The molecule has 14 nitrogen and oxygen atoms in total. The first-order valence-electron chi connectivity index (χ1n) is 9.64. The predicted molar refractivity (Wildman–Crippen MR) is 129 cm³/mol. The number of fused-ring (bicyclic) bond motifs is 1. The van der Waals surface area contributed by atoms with E-state index in [-0.39, 0.29) is 27.0 Å². The topological polar surface area (TPSA) is 237 Å². The number of hydrogen-bond acceptors (Lipinski definition) is 11. The second-order valence-corrected chi connectivity index (χ2v) is 12.0. The minimum absolute atomic E-state index is 0.333. The summed E-state index contributed by atoms with van der Waals surface area (Å²) in [7, 11) is -13.9. The third-order valence-corrected chi connectivity index (χ3v) is 7.81. The Morgan fingerprint density at radius 3 is 2.08 bits per heavy atom. The fourth-order valence-corrected chi connectivity index (χ4v) is 5.08. The van der Waals surface area contributed by atoms with Crippen LogP contribution in [0, 0.1) is 0 Å². The third-order valence-electron chi connectivity index (χ3n) is 4.76. The van der Waals surface area contributed by atoms with Crippen LogP contribution in [0.25, 0.3) is 10.8 Å². The fraction of sp³-hybridized carbons (Fsp3) is 0.0500. The molecule has 3 aromatic rings. The molecule has 0 saturated carbocycles. The van der Waals surface area contributed by atoms with Crippen molar-refractivity contribution in [2.75, 3.05) is 5.32 Å². The lowest BCUT2D eigenvalue weighted by Crippen LogP contribution is -2.08. The molecule has 0 radical (unpaired) electrons. The molecule has 0 saturated heterocycles. The smallest absolute Gasteiger partial charge is 0.296 e. The second kappa shape index (κ2) is 9.52. The van der Waals surface area contributed by atoms with Gasteiger partial charge in [0, 0.05) is 23.8 Å². The minimum Gasteiger partial charge on any atom is -0.506 e. The maximum Gasteiger partial charge on any atom is 0.296 e. The molecule has 0 heterocycles. The fourth-order valence-electron chi connectivity index (χ4n) is 3.16. The molecule has 0 aliphatic heterocycles. The van der Waals surface area contributed by atoms with E-state index in [9.17, 15) is 49.4 Å². The van der Waals surface area contributed by atoms with Crippen molar-refractivity contribution in [2.24, 2.45) is 10.2 Å². The molecule has 1 amide bonds. The van der Waals surface area contributed by atoms with Gasteiger partial charge in [0.2, 0.25) is 5.91 Å². The maximum absolute atomic E-state index is 12.0. The van der Waals surface area contributed by atoms with Crippen LogP contribution in [0.2, 0.25) is 0 Å². The van der Waals surface area contributed by atoms with Gasteiger partial charge in [0.25, 0.3) is 20.2 Å². The number of carbonyl (C=O) groups excluding carboxylic acids is 1. The summed E-state index contributed by atoms with van der Waals surface area (Å²) in [5.41, 5.74) is -1.61. The Balaban J connectivity index is 2.34. The van der Waals surface area contributed by atoms with Crippen LogP contribution in [-0.2, 0) is 34.9 Å². The zero-order valence-electron chi connectivity index (χ0n) is 18.5. The first-order chi connectivity index (χ1) is 17.0. The first-order valence-corrected chi connectivity index (χ1v) is 14.1. The van der Waals surface area contributed by atoms with Crippen LogP contribution in [0.4, 0.5) is 17.1 Å². The van der Waals surface area contributed by atoms with E-state index in [0.29, 0.717) is 11.5 Å². The maximum atomic E-state index is 12.0. The summed E-state index contributed by atoms with van der Waals surface area (Å²) < 4.78 is 90.2. The van der Waals surface area contributed by atoms with Crippen LogP contribution in [-0.4, -0.2) is 50.5 Å². The SMILES string of the molecule is C=CS(=O)(=O)c1ccc(N=Nc2c(S(=O)(=O)O)cc3cc(S(=O)(=O)O)cc(NC(C)=O)c3c2O)c(O)c1. The van der Waals surface area contributed by atoms with Gasteiger partial charge < -0.3 is 15.5 Å². The molecule has 17 heteroatoms. The van der Waals surface area contributed by atoms with E-state index in [4.69, 9.17) is 0 Å². The summed E-state index contributed by atoms with van der Waals surface area (Å²) in [6, 6.07) is 5.15. The molecule has 0 aliphatic carbocycles. The lowest BCUT2D eigenvalue weighted by molar-refractivity contribution is -0.114. The summed E-state index contributed by atoms with van der Waals surface area (Å²) in [6.07, 6.45) is 0. The van der Waals surface area contributed by atoms with E-state index >= 15 is 0 Å². The minimum atomic E-state index is -5.14. The molecule has 37 heavy (non-hydrogen) atoms. The third kappa shape index (κ3) is 5.75. The van der Waals surface area contributed by atoms with Crippen molar-refractivity contribution in [1.29, 1.82) is 0 Å². The molecule has 0 aliphatic rings. The van der Waals surface area contributed by atoms with Gasteiger partial charge in [0.05, 0.1) is 15.5 Å². The van der Waals surface area contributed by atoms with E-state index in [0.717, 1.165) is 37.3 Å². The van der Waals surface area contributed by atoms with Gasteiger partial charge in [-0.05, 0) is 35.7 Å². The Labute approximate surface area is 210 Å². The van der Waals surface area contributed by atoms with Crippen LogP contribution in [0.5, 0.6) is 11.5 Å². The molecule has 0 atom stereocenters. The number of phenolic OH excluding ortho intramolecular Hbond substituents is 2. The van der Waals surface area contributed by atoms with E-state index in [1.165, 1.54) is 0 Å². The van der Waals surface area contributed by atoms with Gasteiger partial charge >= 0.3 is 0 Å². The van der Waals surface area contributed by atoms with Crippen molar-refractivity contribution in [3.8, 4) is 11.5 Å². The quantitative estimate of drug-likeness (QED) is 0.204. The monoisotopic (exact) mass is 571 g/mol. The van der Waals surface area contributed by atoms with Crippen LogP contribution >= 0.6 is 0 Å². The van der Waals surface area contributed by atoms with Crippen molar-refractivity contribution < 1.29 is 49.4 Å².